The van der Waals surface area contributed by atoms with Gasteiger partial charge in [0.15, 0.2) is 11.5 Å². The molecule has 1 fully saturated rings. The highest BCUT2D eigenvalue weighted by atomic mass is 16.5. The zero-order chi connectivity index (χ0) is 21.3. The van der Waals surface area contributed by atoms with Crippen molar-refractivity contribution < 1.29 is 14.9 Å². The van der Waals surface area contributed by atoms with Crippen LogP contribution in [0.3, 0.4) is 0 Å². The van der Waals surface area contributed by atoms with Crippen LogP contribution in [-0.2, 0) is 6.54 Å². The van der Waals surface area contributed by atoms with Crippen molar-refractivity contribution in [1.29, 1.82) is 0 Å². The van der Waals surface area contributed by atoms with E-state index in [1.165, 1.54) is 19.3 Å². The van der Waals surface area contributed by atoms with Crippen molar-refractivity contribution in [3.05, 3.63) is 35.5 Å². The standard InChI is InChI=1S/C23H34N4O3/c1-3-4-5-6-11-24-23-25-19(15-22(29)26-23)18-9-12-27(13-10-18)16-17-7-8-21(30-2)20(28)14-17/h7-8,14-15,18,28H,3-6,9-13,16H2,1-2H3,(H2,24,25,26,29). The zero-order valence-electron chi connectivity index (χ0n) is 18.1. The summed E-state index contributed by atoms with van der Waals surface area (Å²) in [5, 5.41) is 23.3. The molecular formula is C23H34N4O3. The number of hydrogen-bond acceptors (Lipinski definition) is 7. The zero-order valence-corrected chi connectivity index (χ0v) is 18.1. The quantitative estimate of drug-likeness (QED) is 0.500. The monoisotopic (exact) mass is 414 g/mol. The number of nitrogens with one attached hydrogen (secondary N) is 1. The van der Waals surface area contributed by atoms with Crippen molar-refractivity contribution in [2.75, 3.05) is 32.1 Å². The lowest BCUT2D eigenvalue weighted by molar-refractivity contribution is 0.203. The van der Waals surface area contributed by atoms with Gasteiger partial charge in [-0.1, -0.05) is 32.3 Å². The number of unbranched alkanes of at least 4 members (excludes halogenated alkanes) is 3. The lowest BCUT2D eigenvalue weighted by atomic mass is 9.93. The Bertz CT molecular complexity index is 807. The van der Waals surface area contributed by atoms with Crippen LogP contribution in [-0.4, -0.2) is 51.8 Å². The van der Waals surface area contributed by atoms with Crippen LogP contribution in [0.25, 0.3) is 0 Å². The van der Waals surface area contributed by atoms with E-state index < -0.39 is 0 Å². The molecule has 0 bridgehead atoms. The first kappa shape index (κ1) is 22.2. The van der Waals surface area contributed by atoms with Crippen molar-refractivity contribution >= 4 is 5.95 Å². The Morgan fingerprint density at radius 2 is 1.90 bits per heavy atom. The second kappa shape index (κ2) is 11.0. The van der Waals surface area contributed by atoms with Gasteiger partial charge in [0.1, 0.15) is 0 Å². The molecule has 1 aliphatic rings. The van der Waals surface area contributed by atoms with E-state index >= 15 is 0 Å². The Kier molecular flexibility index (Phi) is 8.13. The number of aromatic hydroxyl groups is 2. The largest absolute Gasteiger partial charge is 0.504 e. The molecular weight excluding hydrogens is 380 g/mol. The van der Waals surface area contributed by atoms with Crippen LogP contribution in [0.15, 0.2) is 24.3 Å². The normalized spacial score (nSPS) is 15.3. The van der Waals surface area contributed by atoms with Gasteiger partial charge in [-0.2, -0.15) is 4.98 Å². The molecule has 0 saturated carbocycles. The van der Waals surface area contributed by atoms with Gasteiger partial charge in [-0.05, 0) is 50.0 Å². The van der Waals surface area contributed by atoms with Gasteiger partial charge >= 0.3 is 0 Å². The van der Waals surface area contributed by atoms with Gasteiger partial charge in [0, 0.05) is 25.1 Å². The van der Waals surface area contributed by atoms with Gasteiger partial charge < -0.3 is 20.3 Å². The fourth-order valence-electron chi connectivity index (χ4n) is 3.97. The molecule has 7 nitrogen and oxygen atoms in total. The lowest BCUT2D eigenvalue weighted by Crippen LogP contribution is -2.32. The molecule has 1 aromatic carbocycles. The SMILES string of the molecule is CCCCCCNc1nc(O)cc(C2CCN(Cc3ccc(OC)c(O)c3)CC2)n1. The molecule has 0 amide bonds. The van der Waals surface area contributed by atoms with Crippen LogP contribution in [0.2, 0.25) is 0 Å². The van der Waals surface area contributed by atoms with Crippen LogP contribution in [0.5, 0.6) is 17.4 Å². The number of piperidine rings is 1. The first-order valence-electron chi connectivity index (χ1n) is 11.0. The maximum Gasteiger partial charge on any atom is 0.226 e. The van der Waals surface area contributed by atoms with Crippen LogP contribution in [0.4, 0.5) is 5.95 Å². The van der Waals surface area contributed by atoms with E-state index in [0.29, 0.717) is 17.6 Å². The number of phenols is 1. The molecule has 7 heteroatoms. The molecule has 3 N–H and O–H groups in total. The molecule has 30 heavy (non-hydrogen) atoms. The number of likely N-dealkylation sites (tertiary alicyclic amines) is 1. The van der Waals surface area contributed by atoms with Crippen molar-refractivity contribution in [1.82, 2.24) is 14.9 Å². The summed E-state index contributed by atoms with van der Waals surface area (Å²) in [6.07, 6.45) is 6.69. The van der Waals surface area contributed by atoms with E-state index in [1.807, 2.05) is 6.07 Å². The fraction of sp³-hybridized carbons (Fsp3) is 0.565. The predicted octanol–water partition coefficient (Wildman–Crippen LogP) is 4.27. The number of hydrogen-bond donors (Lipinski definition) is 3. The maximum absolute atomic E-state index is 10.0. The number of aromatic nitrogens is 2. The van der Waals surface area contributed by atoms with E-state index in [9.17, 15) is 10.2 Å². The highest BCUT2D eigenvalue weighted by Crippen LogP contribution is 2.31. The molecule has 1 aromatic heterocycles. The van der Waals surface area contributed by atoms with Gasteiger partial charge in [0.2, 0.25) is 11.8 Å². The number of methoxy groups -OCH3 is 1. The number of anilines is 1. The summed E-state index contributed by atoms with van der Waals surface area (Å²) in [6.45, 7) is 5.72. The Balaban J connectivity index is 1.52. The van der Waals surface area contributed by atoms with Crippen molar-refractivity contribution in [2.45, 2.75) is 57.9 Å². The summed E-state index contributed by atoms with van der Waals surface area (Å²) in [5.41, 5.74) is 1.99. The van der Waals surface area contributed by atoms with E-state index in [0.717, 1.165) is 56.7 Å². The fourth-order valence-corrected chi connectivity index (χ4v) is 3.97. The third kappa shape index (κ3) is 6.23. The molecule has 2 aromatic rings. The number of nitrogens with zero attached hydrogens (tertiary/aromatic N) is 3. The summed E-state index contributed by atoms with van der Waals surface area (Å²) < 4.78 is 5.11. The Morgan fingerprint density at radius 1 is 1.10 bits per heavy atom. The number of benzene rings is 1. The topological polar surface area (TPSA) is 90.7 Å². The van der Waals surface area contributed by atoms with Crippen LogP contribution < -0.4 is 10.1 Å². The third-order valence-electron chi connectivity index (χ3n) is 5.70. The van der Waals surface area contributed by atoms with E-state index in [1.54, 1.807) is 25.3 Å². The molecule has 1 aliphatic heterocycles. The molecule has 0 unspecified atom stereocenters. The molecule has 3 rings (SSSR count). The number of phenolic OH excluding ortho intramolecular Hbond substituents is 1. The predicted molar refractivity (Wildman–Crippen MR) is 118 cm³/mol. The Morgan fingerprint density at radius 3 is 2.60 bits per heavy atom. The van der Waals surface area contributed by atoms with Crippen molar-refractivity contribution in [2.24, 2.45) is 0 Å². The highest BCUT2D eigenvalue weighted by Gasteiger charge is 2.23. The summed E-state index contributed by atoms with van der Waals surface area (Å²) in [6, 6.07) is 7.26. The highest BCUT2D eigenvalue weighted by molar-refractivity contribution is 5.41. The Hall–Kier alpha value is -2.54. The summed E-state index contributed by atoms with van der Waals surface area (Å²) in [5.74, 6) is 1.55. The molecule has 164 valence electrons. The minimum absolute atomic E-state index is 0.0344. The molecule has 0 spiro atoms. The van der Waals surface area contributed by atoms with Crippen molar-refractivity contribution in [3.63, 3.8) is 0 Å². The van der Waals surface area contributed by atoms with Gasteiger partial charge in [-0.3, -0.25) is 4.90 Å². The average Bonchev–Trinajstić information content (AvgIpc) is 2.74. The minimum atomic E-state index is 0.0344. The Labute approximate surface area is 179 Å². The van der Waals surface area contributed by atoms with Crippen LogP contribution in [0, 0.1) is 0 Å². The average molecular weight is 415 g/mol. The third-order valence-corrected chi connectivity index (χ3v) is 5.70. The van der Waals surface area contributed by atoms with E-state index in [-0.39, 0.29) is 11.6 Å². The van der Waals surface area contributed by atoms with E-state index in [2.05, 4.69) is 27.1 Å². The molecule has 0 atom stereocenters. The first-order chi connectivity index (χ1) is 14.6. The van der Waals surface area contributed by atoms with Gasteiger partial charge in [0.25, 0.3) is 0 Å². The number of ether oxygens (including phenoxy) is 1. The lowest BCUT2D eigenvalue weighted by Gasteiger charge is -2.31. The second-order valence-electron chi connectivity index (χ2n) is 8.02. The molecule has 0 radical (unpaired) electrons. The maximum atomic E-state index is 10.0. The second-order valence-corrected chi connectivity index (χ2v) is 8.02. The molecule has 1 saturated heterocycles. The van der Waals surface area contributed by atoms with Gasteiger partial charge in [-0.15, -0.1) is 0 Å². The van der Waals surface area contributed by atoms with Crippen LogP contribution >= 0.6 is 0 Å². The van der Waals surface area contributed by atoms with Crippen LogP contribution in [0.1, 0.15) is 62.6 Å². The summed E-state index contributed by atoms with van der Waals surface area (Å²) >= 11 is 0. The van der Waals surface area contributed by atoms with Gasteiger partial charge in [-0.25, -0.2) is 4.98 Å². The molecule has 2 heterocycles. The number of rotatable bonds is 10. The first-order valence-corrected chi connectivity index (χ1v) is 11.0. The van der Waals surface area contributed by atoms with Gasteiger partial charge in [0.05, 0.1) is 12.8 Å². The summed E-state index contributed by atoms with van der Waals surface area (Å²) in [7, 11) is 1.55. The smallest absolute Gasteiger partial charge is 0.226 e. The van der Waals surface area contributed by atoms with Crippen molar-refractivity contribution in [3.8, 4) is 17.4 Å². The summed E-state index contributed by atoms with van der Waals surface area (Å²) in [4.78, 5) is 11.2. The minimum Gasteiger partial charge on any atom is -0.504 e. The van der Waals surface area contributed by atoms with E-state index in [4.69, 9.17) is 4.74 Å². The molecule has 0 aliphatic carbocycles.